The van der Waals surface area contributed by atoms with Gasteiger partial charge in [-0.3, -0.25) is 19.9 Å². The zero-order chi connectivity index (χ0) is 17.8. The molecular formula is C16H23N7O2. The first kappa shape index (κ1) is 17.4. The van der Waals surface area contributed by atoms with Crippen molar-refractivity contribution in [3.63, 3.8) is 0 Å². The summed E-state index contributed by atoms with van der Waals surface area (Å²) in [4.78, 5) is 29.1. The van der Waals surface area contributed by atoms with E-state index in [1.165, 1.54) is 0 Å². The second kappa shape index (κ2) is 7.66. The van der Waals surface area contributed by atoms with E-state index in [1.54, 1.807) is 25.4 Å². The molecule has 0 saturated carbocycles. The zero-order valence-electron chi connectivity index (χ0n) is 14.7. The summed E-state index contributed by atoms with van der Waals surface area (Å²) >= 11 is 0. The van der Waals surface area contributed by atoms with E-state index < -0.39 is 0 Å². The first-order valence-electron chi connectivity index (χ1n) is 8.34. The van der Waals surface area contributed by atoms with Crippen LogP contribution in [-0.2, 0) is 11.3 Å². The highest BCUT2D eigenvalue weighted by molar-refractivity contribution is 5.93. The van der Waals surface area contributed by atoms with E-state index in [0.717, 1.165) is 19.5 Å². The van der Waals surface area contributed by atoms with Crippen molar-refractivity contribution in [3.05, 3.63) is 30.2 Å². The van der Waals surface area contributed by atoms with Crippen LogP contribution >= 0.6 is 0 Å². The largest absolute Gasteiger partial charge is 0.340 e. The Hall–Kier alpha value is -2.39. The van der Waals surface area contributed by atoms with Crippen molar-refractivity contribution in [3.8, 4) is 0 Å². The van der Waals surface area contributed by atoms with Gasteiger partial charge >= 0.3 is 0 Å². The van der Waals surface area contributed by atoms with Crippen molar-refractivity contribution in [2.75, 3.05) is 25.5 Å². The molecule has 3 heterocycles. The molecule has 9 heteroatoms. The predicted octanol–water partition coefficient (Wildman–Crippen LogP) is 0.701. The SMILES string of the molecule is Cc1nc(CN(C)C2CCN(C(C)C(=O)Nc3ncccn3)C2)no1. The Morgan fingerprint density at radius 2 is 2.24 bits per heavy atom. The molecule has 0 bridgehead atoms. The van der Waals surface area contributed by atoms with Gasteiger partial charge in [0.25, 0.3) is 0 Å². The second-order valence-corrected chi connectivity index (χ2v) is 6.32. The summed E-state index contributed by atoms with van der Waals surface area (Å²) in [5.74, 6) is 1.50. The summed E-state index contributed by atoms with van der Waals surface area (Å²) in [7, 11) is 2.04. The Kier molecular flexibility index (Phi) is 5.34. The van der Waals surface area contributed by atoms with Gasteiger partial charge in [-0.1, -0.05) is 5.16 Å². The number of aromatic nitrogens is 4. The molecule has 1 amide bonds. The lowest BCUT2D eigenvalue weighted by Gasteiger charge is -2.26. The monoisotopic (exact) mass is 345 g/mol. The lowest BCUT2D eigenvalue weighted by atomic mass is 10.2. The lowest BCUT2D eigenvalue weighted by molar-refractivity contribution is -0.120. The number of rotatable bonds is 6. The lowest BCUT2D eigenvalue weighted by Crippen LogP contribution is -2.43. The van der Waals surface area contributed by atoms with Crippen LogP contribution in [0.3, 0.4) is 0 Å². The Morgan fingerprint density at radius 1 is 1.48 bits per heavy atom. The standard InChI is InChI=1S/C16H23N7O2/c1-11(15(24)20-16-17-6-4-7-18-16)23-8-5-13(9-23)22(3)10-14-19-12(2)25-21-14/h4,6-7,11,13H,5,8-10H2,1-3H3,(H,17,18,20,24). The van der Waals surface area contributed by atoms with E-state index in [-0.39, 0.29) is 11.9 Å². The minimum Gasteiger partial charge on any atom is -0.340 e. The average Bonchev–Trinajstić information content (AvgIpc) is 3.24. The number of anilines is 1. The van der Waals surface area contributed by atoms with Gasteiger partial charge in [0.1, 0.15) is 0 Å². The van der Waals surface area contributed by atoms with Crippen molar-refractivity contribution in [2.24, 2.45) is 0 Å². The number of carbonyl (C=O) groups is 1. The molecular weight excluding hydrogens is 322 g/mol. The molecule has 0 aliphatic carbocycles. The van der Waals surface area contributed by atoms with Crippen molar-refractivity contribution in [1.29, 1.82) is 0 Å². The molecule has 2 atom stereocenters. The van der Waals surface area contributed by atoms with Gasteiger partial charge in [0.2, 0.25) is 17.7 Å². The molecule has 9 nitrogen and oxygen atoms in total. The number of aryl methyl sites for hydroxylation is 1. The number of nitrogens with one attached hydrogen (secondary N) is 1. The number of nitrogens with zero attached hydrogens (tertiary/aromatic N) is 6. The van der Waals surface area contributed by atoms with Gasteiger partial charge in [-0.2, -0.15) is 4.98 Å². The second-order valence-electron chi connectivity index (χ2n) is 6.32. The Labute approximate surface area is 146 Å². The molecule has 0 aromatic carbocycles. The van der Waals surface area contributed by atoms with Gasteiger partial charge in [0.15, 0.2) is 5.82 Å². The fourth-order valence-corrected chi connectivity index (χ4v) is 2.98. The minimum absolute atomic E-state index is 0.0942. The summed E-state index contributed by atoms with van der Waals surface area (Å²) in [6, 6.07) is 1.82. The maximum atomic E-state index is 12.4. The summed E-state index contributed by atoms with van der Waals surface area (Å²) in [5, 5.41) is 6.69. The van der Waals surface area contributed by atoms with Gasteiger partial charge in [-0.05, 0) is 26.5 Å². The topological polar surface area (TPSA) is 100 Å². The normalized spacial score (nSPS) is 19.3. The zero-order valence-corrected chi connectivity index (χ0v) is 14.7. The molecule has 1 fully saturated rings. The minimum atomic E-state index is -0.241. The van der Waals surface area contributed by atoms with Gasteiger partial charge < -0.3 is 4.52 Å². The van der Waals surface area contributed by atoms with Crippen LogP contribution in [-0.4, -0.2) is 68.0 Å². The quantitative estimate of drug-likeness (QED) is 0.817. The van der Waals surface area contributed by atoms with Crippen LogP contribution in [0.1, 0.15) is 25.1 Å². The summed E-state index contributed by atoms with van der Waals surface area (Å²) in [6.07, 6.45) is 4.20. The van der Waals surface area contributed by atoms with Crippen molar-refractivity contribution in [1.82, 2.24) is 29.9 Å². The molecule has 134 valence electrons. The van der Waals surface area contributed by atoms with E-state index in [1.807, 2.05) is 14.0 Å². The first-order valence-corrected chi connectivity index (χ1v) is 8.34. The highest BCUT2D eigenvalue weighted by Crippen LogP contribution is 2.19. The number of likely N-dealkylation sites (tertiary alicyclic amines) is 1. The summed E-state index contributed by atoms with van der Waals surface area (Å²) in [6.45, 7) is 6.00. The number of carbonyl (C=O) groups excluding carboxylic acids is 1. The van der Waals surface area contributed by atoms with E-state index in [0.29, 0.717) is 30.3 Å². The average molecular weight is 345 g/mol. The van der Waals surface area contributed by atoms with Crippen LogP contribution in [0.5, 0.6) is 0 Å². The number of likely N-dealkylation sites (N-methyl/N-ethyl adjacent to an activating group) is 1. The van der Waals surface area contributed by atoms with Crippen LogP contribution < -0.4 is 5.32 Å². The highest BCUT2D eigenvalue weighted by Gasteiger charge is 2.32. The fraction of sp³-hybridized carbons (Fsp3) is 0.562. The van der Waals surface area contributed by atoms with Crippen LogP contribution in [0, 0.1) is 6.92 Å². The van der Waals surface area contributed by atoms with Gasteiger partial charge in [0.05, 0.1) is 12.6 Å². The molecule has 2 aromatic heterocycles. The maximum absolute atomic E-state index is 12.4. The highest BCUT2D eigenvalue weighted by atomic mass is 16.5. The first-order chi connectivity index (χ1) is 12.0. The molecule has 3 rings (SSSR count). The predicted molar refractivity (Wildman–Crippen MR) is 90.6 cm³/mol. The molecule has 2 unspecified atom stereocenters. The molecule has 1 aliphatic heterocycles. The third-order valence-corrected chi connectivity index (χ3v) is 4.51. The summed E-state index contributed by atoms with van der Waals surface area (Å²) < 4.78 is 5.01. The number of hydrogen-bond acceptors (Lipinski definition) is 8. The third-order valence-electron chi connectivity index (χ3n) is 4.51. The van der Waals surface area contributed by atoms with Crippen molar-refractivity contribution < 1.29 is 9.32 Å². The van der Waals surface area contributed by atoms with Crippen LogP contribution in [0.2, 0.25) is 0 Å². The molecule has 1 N–H and O–H groups in total. The maximum Gasteiger partial charge on any atom is 0.243 e. The molecule has 0 radical (unpaired) electrons. The summed E-state index contributed by atoms with van der Waals surface area (Å²) in [5.41, 5.74) is 0. The van der Waals surface area contributed by atoms with Gasteiger partial charge in [0, 0.05) is 38.4 Å². The molecule has 0 spiro atoms. The molecule has 25 heavy (non-hydrogen) atoms. The molecule has 1 saturated heterocycles. The van der Waals surface area contributed by atoms with Crippen LogP contribution in [0.4, 0.5) is 5.95 Å². The van der Waals surface area contributed by atoms with Gasteiger partial charge in [-0.25, -0.2) is 9.97 Å². The molecule has 2 aromatic rings. The van der Waals surface area contributed by atoms with Crippen molar-refractivity contribution >= 4 is 11.9 Å². The van der Waals surface area contributed by atoms with Crippen LogP contribution in [0.25, 0.3) is 0 Å². The Bertz CT molecular complexity index is 706. The Balaban J connectivity index is 1.51. The van der Waals surface area contributed by atoms with Crippen LogP contribution in [0.15, 0.2) is 23.0 Å². The third kappa shape index (κ3) is 4.37. The fourth-order valence-electron chi connectivity index (χ4n) is 2.98. The van der Waals surface area contributed by atoms with E-state index in [2.05, 4.69) is 35.2 Å². The Morgan fingerprint density at radius 3 is 2.92 bits per heavy atom. The number of amides is 1. The van der Waals surface area contributed by atoms with E-state index in [4.69, 9.17) is 4.52 Å². The van der Waals surface area contributed by atoms with Crippen molar-refractivity contribution in [2.45, 2.75) is 38.9 Å². The van der Waals surface area contributed by atoms with E-state index in [9.17, 15) is 4.79 Å². The van der Waals surface area contributed by atoms with Gasteiger partial charge in [-0.15, -0.1) is 0 Å². The van der Waals surface area contributed by atoms with E-state index >= 15 is 0 Å². The molecule has 1 aliphatic rings. The number of hydrogen-bond donors (Lipinski definition) is 1. The smallest absolute Gasteiger partial charge is 0.243 e.